The molecule has 3 rings (SSSR count). The zero-order chi connectivity index (χ0) is 15.5. The van der Waals surface area contributed by atoms with Crippen molar-refractivity contribution < 1.29 is 14.7 Å². The molecule has 0 fully saturated rings. The van der Waals surface area contributed by atoms with E-state index in [1.807, 2.05) is 30.3 Å². The van der Waals surface area contributed by atoms with Crippen molar-refractivity contribution in [2.24, 2.45) is 0 Å². The van der Waals surface area contributed by atoms with Crippen LogP contribution < -0.4 is 10.4 Å². The number of aromatic hydroxyl groups is 1. The van der Waals surface area contributed by atoms with Gasteiger partial charge in [-0.1, -0.05) is 30.3 Å². The van der Waals surface area contributed by atoms with E-state index in [0.717, 1.165) is 10.3 Å². The highest BCUT2D eigenvalue weighted by Gasteiger charge is 2.17. The summed E-state index contributed by atoms with van der Waals surface area (Å²) in [6.07, 6.45) is 2.82. The van der Waals surface area contributed by atoms with Crippen molar-refractivity contribution in [1.82, 2.24) is 14.7 Å². The molecule has 0 spiro atoms. The van der Waals surface area contributed by atoms with Gasteiger partial charge in [0.15, 0.2) is 11.9 Å². The Morgan fingerprint density at radius 2 is 2.05 bits per heavy atom. The fourth-order valence-electron chi connectivity index (χ4n) is 2.04. The van der Waals surface area contributed by atoms with Gasteiger partial charge in [0.1, 0.15) is 24.2 Å². The van der Waals surface area contributed by atoms with Crippen LogP contribution in [0.2, 0.25) is 0 Å². The zero-order valence-corrected chi connectivity index (χ0v) is 11.3. The van der Waals surface area contributed by atoms with E-state index in [0.29, 0.717) is 0 Å². The Morgan fingerprint density at radius 1 is 1.27 bits per heavy atom. The number of hydrogen-bond donors (Lipinski definition) is 1. The van der Waals surface area contributed by atoms with E-state index in [1.54, 1.807) is 0 Å². The lowest BCUT2D eigenvalue weighted by Gasteiger charge is -2.12. The van der Waals surface area contributed by atoms with Crippen LogP contribution in [0.3, 0.4) is 0 Å². The first-order valence-electron chi connectivity index (χ1n) is 6.42. The number of carbonyl (C=O) groups excluding carboxylic acids is 1. The van der Waals surface area contributed by atoms with Crippen molar-refractivity contribution in [3.8, 4) is 5.75 Å². The molecule has 110 valence electrons. The third-order valence-electron chi connectivity index (χ3n) is 3.13. The van der Waals surface area contributed by atoms with Gasteiger partial charge < -0.3 is 9.94 Å². The number of fused-ring (bicyclic) bond motifs is 1. The monoisotopic (exact) mass is 297 g/mol. The highest BCUT2D eigenvalue weighted by atomic mass is 16.7. The first-order chi connectivity index (χ1) is 10.7. The van der Waals surface area contributed by atoms with Crippen molar-refractivity contribution in [2.75, 3.05) is 0 Å². The number of aldehydes is 1. The van der Waals surface area contributed by atoms with E-state index in [2.05, 4.69) is 9.97 Å². The molecule has 0 atom stereocenters. The Morgan fingerprint density at radius 3 is 2.77 bits per heavy atom. The third kappa shape index (κ3) is 2.28. The molecule has 1 aromatic carbocycles. The molecular formula is C15H11N3O4. The SMILES string of the molecule is O=Cc1c(O)c2cncnc2n(OCc2ccccc2)c1=O. The zero-order valence-electron chi connectivity index (χ0n) is 11.3. The Hall–Kier alpha value is -3.22. The van der Waals surface area contributed by atoms with Gasteiger partial charge in [-0.3, -0.25) is 9.59 Å². The summed E-state index contributed by atoms with van der Waals surface area (Å²) < 4.78 is 0.896. The van der Waals surface area contributed by atoms with E-state index in [9.17, 15) is 14.7 Å². The van der Waals surface area contributed by atoms with E-state index in [-0.39, 0.29) is 23.9 Å². The van der Waals surface area contributed by atoms with Crippen LogP contribution in [0, 0.1) is 0 Å². The van der Waals surface area contributed by atoms with Gasteiger partial charge in [0.25, 0.3) is 5.56 Å². The third-order valence-corrected chi connectivity index (χ3v) is 3.13. The van der Waals surface area contributed by atoms with E-state index in [4.69, 9.17) is 4.84 Å². The maximum Gasteiger partial charge on any atom is 0.299 e. The maximum atomic E-state index is 12.2. The fraction of sp³-hybridized carbons (Fsp3) is 0.0667. The number of aromatic nitrogens is 3. The Kier molecular flexibility index (Phi) is 3.53. The van der Waals surface area contributed by atoms with Gasteiger partial charge in [-0.25, -0.2) is 9.97 Å². The molecule has 0 unspecified atom stereocenters. The molecule has 0 saturated carbocycles. The van der Waals surface area contributed by atoms with Gasteiger partial charge in [-0.15, -0.1) is 4.73 Å². The highest BCUT2D eigenvalue weighted by Crippen LogP contribution is 2.22. The molecule has 1 N–H and O–H groups in total. The molecule has 22 heavy (non-hydrogen) atoms. The van der Waals surface area contributed by atoms with Crippen LogP contribution in [0.25, 0.3) is 11.0 Å². The van der Waals surface area contributed by atoms with Crippen LogP contribution in [-0.4, -0.2) is 26.1 Å². The summed E-state index contributed by atoms with van der Waals surface area (Å²) in [5.41, 5.74) is -0.221. The standard InChI is InChI=1S/C15H11N3O4/c19-7-12-13(20)11-6-16-9-17-14(11)18(15(12)21)22-8-10-4-2-1-3-5-10/h1-7,9,20H,8H2. The van der Waals surface area contributed by atoms with Gasteiger partial charge >= 0.3 is 0 Å². The molecule has 0 aliphatic carbocycles. The van der Waals surface area contributed by atoms with Crippen LogP contribution in [0.4, 0.5) is 0 Å². The second-order valence-corrected chi connectivity index (χ2v) is 4.50. The fourth-order valence-corrected chi connectivity index (χ4v) is 2.04. The van der Waals surface area contributed by atoms with Gasteiger partial charge in [-0.05, 0) is 5.56 Å². The van der Waals surface area contributed by atoms with Gasteiger partial charge in [0.2, 0.25) is 0 Å². The number of rotatable bonds is 4. The molecule has 3 aromatic rings. The summed E-state index contributed by atoms with van der Waals surface area (Å²) >= 11 is 0. The number of nitrogens with zero attached hydrogens (tertiary/aromatic N) is 3. The number of benzene rings is 1. The van der Waals surface area contributed by atoms with Crippen LogP contribution in [0.15, 0.2) is 47.7 Å². The molecule has 0 saturated heterocycles. The number of hydrogen-bond acceptors (Lipinski definition) is 6. The van der Waals surface area contributed by atoms with Crippen molar-refractivity contribution in [3.05, 3.63) is 64.3 Å². The minimum absolute atomic E-state index is 0.0963. The van der Waals surface area contributed by atoms with Crippen molar-refractivity contribution in [3.63, 3.8) is 0 Å². The molecular weight excluding hydrogens is 286 g/mol. The van der Waals surface area contributed by atoms with Crippen molar-refractivity contribution >= 4 is 17.3 Å². The average Bonchev–Trinajstić information content (AvgIpc) is 2.56. The Labute approximate surface area is 124 Å². The molecule has 0 aliphatic heterocycles. The molecule has 2 heterocycles. The Bertz CT molecular complexity index is 890. The quantitative estimate of drug-likeness (QED) is 0.720. The Balaban J connectivity index is 2.12. The van der Waals surface area contributed by atoms with Crippen molar-refractivity contribution in [2.45, 2.75) is 6.61 Å². The lowest BCUT2D eigenvalue weighted by molar-refractivity contribution is 0.0952. The lowest BCUT2D eigenvalue weighted by Crippen LogP contribution is -2.30. The van der Waals surface area contributed by atoms with Crippen LogP contribution >= 0.6 is 0 Å². The summed E-state index contributed by atoms with van der Waals surface area (Å²) in [7, 11) is 0. The number of carbonyl (C=O) groups is 1. The minimum Gasteiger partial charge on any atom is -0.506 e. The van der Waals surface area contributed by atoms with Gasteiger partial charge in [-0.2, -0.15) is 0 Å². The molecule has 0 bridgehead atoms. The molecule has 2 aromatic heterocycles. The summed E-state index contributed by atoms with van der Waals surface area (Å²) in [5.74, 6) is -0.449. The topological polar surface area (TPSA) is 94.3 Å². The summed E-state index contributed by atoms with van der Waals surface area (Å²) in [6, 6.07) is 9.22. The largest absolute Gasteiger partial charge is 0.506 e. The summed E-state index contributed by atoms with van der Waals surface area (Å²) in [5, 5.41) is 10.1. The normalized spacial score (nSPS) is 10.5. The maximum absolute atomic E-state index is 12.2. The molecule has 0 amide bonds. The summed E-state index contributed by atoms with van der Waals surface area (Å²) in [4.78, 5) is 36.5. The predicted molar refractivity (Wildman–Crippen MR) is 77.6 cm³/mol. The summed E-state index contributed by atoms with van der Waals surface area (Å²) in [6.45, 7) is 0.114. The second-order valence-electron chi connectivity index (χ2n) is 4.50. The smallest absolute Gasteiger partial charge is 0.299 e. The van der Waals surface area contributed by atoms with E-state index in [1.165, 1.54) is 12.5 Å². The molecule has 0 aliphatic rings. The highest BCUT2D eigenvalue weighted by molar-refractivity contribution is 5.91. The first kappa shape index (κ1) is 13.7. The lowest BCUT2D eigenvalue weighted by atomic mass is 10.2. The number of pyridine rings is 1. The predicted octanol–water partition coefficient (Wildman–Crippen LogP) is 0.938. The van der Waals surface area contributed by atoms with E-state index >= 15 is 0 Å². The van der Waals surface area contributed by atoms with Crippen LogP contribution in [0.5, 0.6) is 5.75 Å². The second kappa shape index (κ2) is 5.65. The molecule has 7 heteroatoms. The van der Waals surface area contributed by atoms with Crippen LogP contribution in [-0.2, 0) is 6.61 Å². The van der Waals surface area contributed by atoms with Crippen LogP contribution in [0.1, 0.15) is 15.9 Å². The minimum atomic E-state index is -0.769. The van der Waals surface area contributed by atoms with Gasteiger partial charge in [0.05, 0.1) is 5.39 Å². The van der Waals surface area contributed by atoms with Crippen molar-refractivity contribution in [1.29, 1.82) is 0 Å². The molecule has 7 nitrogen and oxygen atoms in total. The van der Waals surface area contributed by atoms with Gasteiger partial charge in [0, 0.05) is 6.20 Å². The molecule has 0 radical (unpaired) electrons. The average molecular weight is 297 g/mol. The van der Waals surface area contributed by atoms with E-state index < -0.39 is 16.9 Å². The first-order valence-corrected chi connectivity index (χ1v) is 6.42.